The fraction of sp³-hybridized carbons (Fsp3) is 0.357. The van der Waals surface area contributed by atoms with Gasteiger partial charge in [-0.3, -0.25) is 4.79 Å². The second-order valence-electron chi connectivity index (χ2n) is 5.05. The van der Waals surface area contributed by atoms with Crippen molar-refractivity contribution in [2.45, 2.75) is 18.7 Å². The van der Waals surface area contributed by atoms with E-state index in [0.717, 1.165) is 4.90 Å². The number of rotatable bonds is 4. The molecule has 0 aromatic heterocycles. The van der Waals surface area contributed by atoms with E-state index >= 15 is 0 Å². The molecule has 0 bridgehead atoms. The minimum atomic E-state index is -0.740. The average Bonchev–Trinajstić information content (AvgIpc) is 2.81. The second-order valence-corrected chi connectivity index (χ2v) is 6.80. The van der Waals surface area contributed by atoms with Crippen LogP contribution >= 0.6 is 23.4 Å². The molecule has 0 spiro atoms. The molecule has 1 N–H and O–H groups in total. The monoisotopic (exact) mass is 282 g/mol. The Morgan fingerprint density at radius 3 is 2.50 bits per heavy atom. The largest absolute Gasteiger partial charge is 0.481 e. The van der Waals surface area contributed by atoms with Crippen LogP contribution in [0.15, 0.2) is 45.7 Å². The van der Waals surface area contributed by atoms with E-state index in [1.165, 1.54) is 11.8 Å². The minimum absolute atomic E-state index is 0.0266. The van der Waals surface area contributed by atoms with Gasteiger partial charge in [0.25, 0.3) is 0 Å². The van der Waals surface area contributed by atoms with Crippen LogP contribution in [0.25, 0.3) is 0 Å². The van der Waals surface area contributed by atoms with Gasteiger partial charge >= 0.3 is 5.97 Å². The maximum absolute atomic E-state index is 11.0. The highest BCUT2D eigenvalue weighted by Crippen LogP contribution is 2.60. The maximum atomic E-state index is 11.0. The SMILES string of the molecule is CC1(C)[C@H](/C=C(/Cl)Sc2ccccc2)[C@H]1C(=O)O. The summed E-state index contributed by atoms with van der Waals surface area (Å²) in [5.41, 5.74) is -0.191. The molecule has 0 aliphatic heterocycles. The standard InChI is InChI=1S/C14H15ClO2S/c1-14(2)10(12(14)13(16)17)8-11(15)18-9-6-4-3-5-7-9/h3-8,10,12H,1-2H3,(H,16,17)/b11-8-/t10-,12+/m1/s1. The van der Waals surface area contributed by atoms with Crippen molar-refractivity contribution >= 4 is 29.3 Å². The zero-order valence-corrected chi connectivity index (χ0v) is 11.8. The molecule has 2 rings (SSSR count). The number of allylic oxidation sites excluding steroid dienone is 1. The third kappa shape index (κ3) is 2.73. The van der Waals surface area contributed by atoms with Crippen molar-refractivity contribution in [1.82, 2.24) is 0 Å². The number of carboxylic acid groups (broad SMARTS) is 1. The van der Waals surface area contributed by atoms with Crippen molar-refractivity contribution in [2.75, 3.05) is 0 Å². The lowest BCUT2D eigenvalue weighted by Gasteiger charge is -2.00. The smallest absolute Gasteiger partial charge is 0.307 e. The third-order valence-corrected chi connectivity index (χ3v) is 4.64. The zero-order valence-electron chi connectivity index (χ0n) is 10.3. The molecule has 1 aliphatic carbocycles. The molecule has 0 amide bonds. The van der Waals surface area contributed by atoms with Crippen LogP contribution in [0.4, 0.5) is 0 Å². The molecule has 1 fully saturated rings. The molecule has 2 nitrogen and oxygen atoms in total. The summed E-state index contributed by atoms with van der Waals surface area (Å²) in [5, 5.41) is 9.08. The van der Waals surface area contributed by atoms with Gasteiger partial charge in [0.2, 0.25) is 0 Å². The van der Waals surface area contributed by atoms with Crippen molar-refractivity contribution in [3.05, 3.63) is 40.8 Å². The van der Waals surface area contributed by atoms with Crippen LogP contribution in [0.5, 0.6) is 0 Å². The Balaban J connectivity index is 2.05. The van der Waals surface area contributed by atoms with Crippen molar-refractivity contribution in [3.63, 3.8) is 0 Å². The number of thioether (sulfide) groups is 1. The van der Waals surface area contributed by atoms with Gasteiger partial charge in [0.15, 0.2) is 0 Å². The molecule has 0 radical (unpaired) electrons. The molecule has 0 unspecified atom stereocenters. The number of hydrogen-bond donors (Lipinski definition) is 1. The second kappa shape index (κ2) is 4.98. The Labute approximate surface area is 116 Å². The Morgan fingerprint density at radius 2 is 2.00 bits per heavy atom. The van der Waals surface area contributed by atoms with Gasteiger partial charge in [0.1, 0.15) is 0 Å². The van der Waals surface area contributed by atoms with Crippen LogP contribution in [0.2, 0.25) is 0 Å². The molecule has 2 atom stereocenters. The summed E-state index contributed by atoms with van der Waals surface area (Å²) in [7, 11) is 0. The van der Waals surface area contributed by atoms with Crippen LogP contribution in [0.1, 0.15) is 13.8 Å². The summed E-state index contributed by atoms with van der Waals surface area (Å²) >= 11 is 7.64. The first-order chi connectivity index (χ1) is 8.43. The number of halogens is 1. The predicted octanol–water partition coefficient (Wildman–Crippen LogP) is 4.22. The third-order valence-electron chi connectivity index (χ3n) is 3.45. The van der Waals surface area contributed by atoms with Crippen molar-refractivity contribution in [3.8, 4) is 0 Å². The lowest BCUT2D eigenvalue weighted by molar-refractivity contribution is -0.139. The van der Waals surface area contributed by atoms with Crippen molar-refractivity contribution < 1.29 is 9.90 Å². The quantitative estimate of drug-likeness (QED) is 0.840. The molecular formula is C14H15ClO2S. The first kappa shape index (κ1) is 13.5. The zero-order chi connectivity index (χ0) is 13.3. The van der Waals surface area contributed by atoms with Crippen LogP contribution in [0, 0.1) is 17.3 Å². The molecule has 1 saturated carbocycles. The minimum Gasteiger partial charge on any atom is -0.481 e. The summed E-state index contributed by atoms with van der Waals surface area (Å²) in [6.07, 6.45) is 1.87. The molecule has 96 valence electrons. The lowest BCUT2D eigenvalue weighted by atomic mass is 10.1. The number of aliphatic carboxylic acids is 1. The van der Waals surface area contributed by atoms with E-state index in [2.05, 4.69) is 0 Å². The Kier molecular flexibility index (Phi) is 3.74. The molecule has 4 heteroatoms. The van der Waals surface area contributed by atoms with Gasteiger partial charge in [-0.15, -0.1) is 0 Å². The summed E-state index contributed by atoms with van der Waals surface area (Å²) in [4.78, 5) is 12.1. The molecule has 18 heavy (non-hydrogen) atoms. The van der Waals surface area contributed by atoms with Crippen molar-refractivity contribution in [2.24, 2.45) is 17.3 Å². The van der Waals surface area contributed by atoms with E-state index in [-0.39, 0.29) is 17.3 Å². The predicted molar refractivity (Wildman–Crippen MR) is 74.6 cm³/mol. The molecule has 0 saturated heterocycles. The summed E-state index contributed by atoms with van der Waals surface area (Å²) < 4.78 is 0.642. The van der Waals surface area contributed by atoms with Crippen molar-refractivity contribution in [1.29, 1.82) is 0 Å². The highest BCUT2D eigenvalue weighted by Gasteiger charge is 2.61. The van der Waals surface area contributed by atoms with Crippen LogP contribution in [-0.2, 0) is 4.79 Å². The van der Waals surface area contributed by atoms with Gasteiger partial charge in [0.05, 0.1) is 10.3 Å². The topological polar surface area (TPSA) is 37.3 Å². The van der Waals surface area contributed by atoms with E-state index in [1.54, 1.807) is 0 Å². The maximum Gasteiger partial charge on any atom is 0.307 e. The highest BCUT2D eigenvalue weighted by molar-refractivity contribution is 8.04. The number of carbonyl (C=O) groups is 1. The van der Waals surface area contributed by atoms with E-state index in [0.29, 0.717) is 4.36 Å². The van der Waals surface area contributed by atoms with Gasteiger partial charge in [0, 0.05) is 4.90 Å². The molecule has 0 heterocycles. The normalized spacial score (nSPS) is 25.8. The average molecular weight is 283 g/mol. The molecule has 1 aromatic rings. The van der Waals surface area contributed by atoms with E-state index in [9.17, 15) is 4.79 Å². The molecule has 1 aliphatic rings. The first-order valence-corrected chi connectivity index (χ1v) is 6.95. The first-order valence-electron chi connectivity index (χ1n) is 5.76. The van der Waals surface area contributed by atoms with Gasteiger partial charge in [-0.05, 0) is 23.5 Å². The number of carboxylic acids is 1. The fourth-order valence-electron chi connectivity index (χ4n) is 2.24. The molecule has 1 aromatic carbocycles. The van der Waals surface area contributed by atoms with Crippen LogP contribution in [-0.4, -0.2) is 11.1 Å². The van der Waals surface area contributed by atoms with Gasteiger partial charge in [-0.2, -0.15) is 0 Å². The van der Waals surface area contributed by atoms with Gasteiger partial charge < -0.3 is 5.11 Å². The summed E-state index contributed by atoms with van der Waals surface area (Å²) in [5.74, 6) is -1.03. The van der Waals surface area contributed by atoms with Gasteiger partial charge in [-0.1, -0.05) is 61.5 Å². The molecular weight excluding hydrogens is 268 g/mol. The van der Waals surface area contributed by atoms with E-state index in [4.69, 9.17) is 16.7 Å². The highest BCUT2D eigenvalue weighted by atomic mass is 35.5. The van der Waals surface area contributed by atoms with Gasteiger partial charge in [-0.25, -0.2) is 0 Å². The summed E-state index contributed by atoms with van der Waals surface area (Å²) in [6.45, 7) is 3.93. The number of benzene rings is 1. The Bertz CT molecular complexity index is 482. The Morgan fingerprint density at radius 1 is 1.39 bits per heavy atom. The lowest BCUT2D eigenvalue weighted by Crippen LogP contribution is -2.02. The number of hydrogen-bond acceptors (Lipinski definition) is 2. The van der Waals surface area contributed by atoms with Crippen LogP contribution in [0.3, 0.4) is 0 Å². The van der Waals surface area contributed by atoms with Crippen LogP contribution < -0.4 is 0 Å². The fourth-order valence-corrected chi connectivity index (χ4v) is 3.37. The van der Waals surface area contributed by atoms with E-state index < -0.39 is 5.97 Å². The summed E-state index contributed by atoms with van der Waals surface area (Å²) in [6, 6.07) is 9.81. The van der Waals surface area contributed by atoms with E-state index in [1.807, 2.05) is 50.3 Å². The Hall–Kier alpha value is -0.930.